The van der Waals surface area contributed by atoms with Crippen LogP contribution in [-0.2, 0) is 4.79 Å². The normalized spacial score (nSPS) is 32.4. The molecule has 1 amide bonds. The van der Waals surface area contributed by atoms with E-state index in [0.717, 1.165) is 19.4 Å². The first-order chi connectivity index (χ1) is 10.1. The summed E-state index contributed by atoms with van der Waals surface area (Å²) in [5.41, 5.74) is 0.426. The van der Waals surface area contributed by atoms with Crippen LogP contribution in [0.2, 0.25) is 0 Å². The van der Waals surface area contributed by atoms with Gasteiger partial charge in [-0.1, -0.05) is 40.0 Å². The third-order valence-corrected chi connectivity index (χ3v) is 6.31. The molecule has 1 N–H and O–H groups in total. The van der Waals surface area contributed by atoms with E-state index in [1.54, 1.807) is 0 Å². The molecule has 0 aromatic heterocycles. The van der Waals surface area contributed by atoms with Crippen molar-refractivity contribution in [3.05, 3.63) is 0 Å². The predicted molar refractivity (Wildman–Crippen MR) is 85.8 cm³/mol. The van der Waals surface area contributed by atoms with Gasteiger partial charge in [0.1, 0.15) is 0 Å². The van der Waals surface area contributed by atoms with E-state index in [0.29, 0.717) is 29.3 Å². The van der Waals surface area contributed by atoms with Crippen molar-refractivity contribution in [1.29, 1.82) is 0 Å². The van der Waals surface area contributed by atoms with Crippen LogP contribution in [0, 0.1) is 17.3 Å². The Morgan fingerprint density at radius 2 is 1.95 bits per heavy atom. The topological polar surface area (TPSA) is 32.3 Å². The van der Waals surface area contributed by atoms with Crippen LogP contribution in [0.4, 0.5) is 0 Å². The number of nitrogens with one attached hydrogen (secondary N) is 1. The predicted octanol–water partition coefficient (Wildman–Crippen LogP) is 3.54. The van der Waals surface area contributed by atoms with Gasteiger partial charge in [0.05, 0.1) is 12.2 Å². The zero-order valence-corrected chi connectivity index (χ0v) is 14.0. The molecule has 120 valence electrons. The van der Waals surface area contributed by atoms with Crippen LogP contribution < -0.4 is 5.32 Å². The Hall–Kier alpha value is -0.570. The molecule has 0 aromatic carbocycles. The fourth-order valence-electron chi connectivity index (χ4n) is 4.46. The molecule has 1 heterocycles. The van der Waals surface area contributed by atoms with Crippen molar-refractivity contribution in [2.45, 2.75) is 84.3 Å². The molecule has 3 rings (SSSR count). The highest BCUT2D eigenvalue weighted by Gasteiger charge is 2.51. The van der Waals surface area contributed by atoms with Crippen molar-refractivity contribution in [2.75, 3.05) is 6.54 Å². The van der Waals surface area contributed by atoms with Gasteiger partial charge in [-0.25, -0.2) is 0 Å². The summed E-state index contributed by atoms with van der Waals surface area (Å²) in [4.78, 5) is 15.1. The quantitative estimate of drug-likeness (QED) is 0.812. The van der Waals surface area contributed by atoms with Crippen LogP contribution in [-0.4, -0.2) is 29.6 Å². The molecular weight excluding hydrogens is 260 g/mol. The lowest BCUT2D eigenvalue weighted by molar-refractivity contribution is -0.131. The molecule has 0 spiro atoms. The Bertz CT molecular complexity index is 383. The molecule has 2 atom stereocenters. The molecule has 21 heavy (non-hydrogen) atoms. The number of nitrogens with zero attached hydrogens (tertiary/aromatic N) is 1. The van der Waals surface area contributed by atoms with E-state index < -0.39 is 0 Å². The Labute approximate surface area is 129 Å². The second kappa shape index (κ2) is 5.91. The second-order valence-electron chi connectivity index (χ2n) is 7.98. The number of carbonyl (C=O) groups excluding carboxylic acids is 1. The van der Waals surface area contributed by atoms with E-state index >= 15 is 0 Å². The molecule has 3 fully saturated rings. The molecule has 1 saturated heterocycles. The van der Waals surface area contributed by atoms with Crippen LogP contribution in [0.25, 0.3) is 0 Å². The highest BCUT2D eigenvalue weighted by atomic mass is 16.2. The molecule has 3 heteroatoms. The fourth-order valence-corrected chi connectivity index (χ4v) is 4.46. The zero-order chi connectivity index (χ0) is 15.0. The van der Waals surface area contributed by atoms with E-state index in [1.807, 2.05) is 0 Å². The Balaban J connectivity index is 1.74. The SMILES string of the molecule is CCCC1NC(C2CCCC2)N(CC2(C(C)C)CC2)C1=O. The summed E-state index contributed by atoms with van der Waals surface area (Å²) in [6.45, 7) is 7.83. The van der Waals surface area contributed by atoms with E-state index in [2.05, 4.69) is 31.0 Å². The van der Waals surface area contributed by atoms with Gasteiger partial charge >= 0.3 is 0 Å². The zero-order valence-electron chi connectivity index (χ0n) is 14.0. The number of hydrogen-bond donors (Lipinski definition) is 1. The molecule has 2 aliphatic carbocycles. The van der Waals surface area contributed by atoms with Crippen molar-refractivity contribution in [3.63, 3.8) is 0 Å². The summed E-state index contributed by atoms with van der Waals surface area (Å²) < 4.78 is 0. The molecule has 2 unspecified atom stereocenters. The summed E-state index contributed by atoms with van der Waals surface area (Å²) in [7, 11) is 0. The van der Waals surface area contributed by atoms with Crippen molar-refractivity contribution in [1.82, 2.24) is 10.2 Å². The minimum Gasteiger partial charge on any atom is -0.325 e. The van der Waals surface area contributed by atoms with Crippen molar-refractivity contribution in [3.8, 4) is 0 Å². The first kappa shape index (κ1) is 15.3. The number of rotatable bonds is 6. The molecule has 0 aromatic rings. The van der Waals surface area contributed by atoms with Gasteiger partial charge in [-0.05, 0) is 49.4 Å². The smallest absolute Gasteiger partial charge is 0.241 e. The van der Waals surface area contributed by atoms with Gasteiger partial charge < -0.3 is 4.90 Å². The van der Waals surface area contributed by atoms with Gasteiger partial charge in [0, 0.05) is 6.54 Å². The standard InChI is InChI=1S/C18H32N2O/c1-4-7-15-17(21)20(12-18(10-11-18)13(2)3)16(19-15)14-8-5-6-9-14/h13-16,19H,4-12H2,1-3H3. The highest BCUT2D eigenvalue weighted by molar-refractivity contribution is 5.84. The van der Waals surface area contributed by atoms with Gasteiger partial charge in [-0.15, -0.1) is 0 Å². The Morgan fingerprint density at radius 1 is 1.29 bits per heavy atom. The first-order valence-electron chi connectivity index (χ1n) is 9.14. The molecule has 3 nitrogen and oxygen atoms in total. The molecular formula is C18H32N2O. The largest absolute Gasteiger partial charge is 0.325 e. The van der Waals surface area contributed by atoms with Crippen LogP contribution in [0.15, 0.2) is 0 Å². The van der Waals surface area contributed by atoms with Gasteiger partial charge in [-0.2, -0.15) is 0 Å². The minimum atomic E-state index is 0.0866. The summed E-state index contributed by atoms with van der Waals surface area (Å²) >= 11 is 0. The van der Waals surface area contributed by atoms with Crippen molar-refractivity contribution in [2.24, 2.45) is 17.3 Å². The van der Waals surface area contributed by atoms with Gasteiger partial charge in [0.25, 0.3) is 0 Å². The van der Waals surface area contributed by atoms with E-state index in [4.69, 9.17) is 0 Å². The summed E-state index contributed by atoms with van der Waals surface area (Å²) in [5.74, 6) is 1.78. The lowest BCUT2D eigenvalue weighted by Crippen LogP contribution is -2.45. The van der Waals surface area contributed by atoms with Crippen LogP contribution >= 0.6 is 0 Å². The van der Waals surface area contributed by atoms with Crippen LogP contribution in [0.5, 0.6) is 0 Å². The maximum atomic E-state index is 12.9. The van der Waals surface area contributed by atoms with Crippen LogP contribution in [0.1, 0.15) is 72.1 Å². The van der Waals surface area contributed by atoms with Crippen molar-refractivity contribution >= 4 is 5.91 Å². The third kappa shape index (κ3) is 2.86. The summed E-state index contributed by atoms with van der Waals surface area (Å²) in [6.07, 6.45) is 10.3. The van der Waals surface area contributed by atoms with Crippen LogP contribution in [0.3, 0.4) is 0 Å². The molecule has 3 aliphatic rings. The third-order valence-electron chi connectivity index (χ3n) is 6.31. The van der Waals surface area contributed by atoms with Gasteiger partial charge in [0.2, 0.25) is 5.91 Å². The second-order valence-corrected chi connectivity index (χ2v) is 7.98. The first-order valence-corrected chi connectivity index (χ1v) is 9.14. The average molecular weight is 292 g/mol. The number of amides is 1. The van der Waals surface area contributed by atoms with Crippen molar-refractivity contribution < 1.29 is 4.79 Å². The molecule has 1 aliphatic heterocycles. The minimum absolute atomic E-state index is 0.0866. The maximum absolute atomic E-state index is 12.9. The van der Waals surface area contributed by atoms with Gasteiger partial charge in [0.15, 0.2) is 0 Å². The molecule has 2 saturated carbocycles. The van der Waals surface area contributed by atoms with Gasteiger partial charge in [-0.3, -0.25) is 10.1 Å². The highest BCUT2D eigenvalue weighted by Crippen LogP contribution is 2.53. The number of carbonyl (C=O) groups is 1. The van der Waals surface area contributed by atoms with E-state index in [9.17, 15) is 4.79 Å². The Morgan fingerprint density at radius 3 is 2.48 bits per heavy atom. The lowest BCUT2D eigenvalue weighted by atomic mass is 9.91. The molecule has 0 radical (unpaired) electrons. The summed E-state index contributed by atoms with van der Waals surface area (Å²) in [6, 6.07) is 0.0866. The van der Waals surface area contributed by atoms with E-state index in [-0.39, 0.29) is 6.04 Å². The average Bonchev–Trinajstić information content (AvgIpc) is 2.92. The monoisotopic (exact) mass is 292 g/mol. The maximum Gasteiger partial charge on any atom is 0.241 e. The molecule has 0 bridgehead atoms. The Kier molecular flexibility index (Phi) is 4.31. The number of hydrogen-bond acceptors (Lipinski definition) is 2. The van der Waals surface area contributed by atoms with E-state index in [1.165, 1.54) is 38.5 Å². The lowest BCUT2D eigenvalue weighted by Gasteiger charge is -2.33. The fraction of sp³-hybridized carbons (Fsp3) is 0.944. The summed E-state index contributed by atoms with van der Waals surface area (Å²) in [5, 5.41) is 3.70.